The summed E-state index contributed by atoms with van der Waals surface area (Å²) in [6.45, 7) is 12.7. The third-order valence-corrected chi connectivity index (χ3v) is 9.95. The summed E-state index contributed by atoms with van der Waals surface area (Å²) in [5.74, 6) is -0.169. The molecule has 1 aromatic rings. The van der Waals surface area contributed by atoms with Crippen molar-refractivity contribution in [3.63, 3.8) is 0 Å². The van der Waals surface area contributed by atoms with Crippen LogP contribution < -0.4 is 0 Å². The van der Waals surface area contributed by atoms with Gasteiger partial charge in [0.1, 0.15) is 0 Å². The van der Waals surface area contributed by atoms with E-state index in [1.165, 1.54) is 0 Å². The van der Waals surface area contributed by atoms with Crippen molar-refractivity contribution in [1.82, 2.24) is 0 Å². The van der Waals surface area contributed by atoms with Crippen molar-refractivity contribution in [2.45, 2.75) is 76.2 Å². The highest BCUT2D eigenvalue weighted by atomic mass is 32.2. The molecule has 0 aliphatic heterocycles. The number of carbonyl (C=O) groups is 1. The van der Waals surface area contributed by atoms with Gasteiger partial charge in [-0.25, -0.2) is 0 Å². The molecule has 27 heavy (non-hydrogen) atoms. The smallest absolute Gasteiger partial charge is 0.311 e. The first-order chi connectivity index (χ1) is 12.4. The molecule has 1 saturated carbocycles. The molecule has 3 atom stereocenters. The zero-order chi connectivity index (χ0) is 20.5. The fourth-order valence-electron chi connectivity index (χ4n) is 4.15. The highest BCUT2D eigenvalue weighted by molar-refractivity contribution is 7.86. The SMILES string of the molecule is CCOC(=O)C1(C)CCC(OS(=O)(=O)c2ccc(C)cc2)CC1[Si](C)(C)C. The lowest BCUT2D eigenvalue weighted by Crippen LogP contribution is -2.49. The van der Waals surface area contributed by atoms with Crippen LogP contribution in [0.15, 0.2) is 29.2 Å². The molecule has 0 bridgehead atoms. The van der Waals surface area contributed by atoms with Gasteiger partial charge < -0.3 is 4.74 Å². The van der Waals surface area contributed by atoms with Crippen molar-refractivity contribution in [3.05, 3.63) is 29.8 Å². The average molecular weight is 413 g/mol. The predicted molar refractivity (Wildman–Crippen MR) is 109 cm³/mol. The number of hydrogen-bond acceptors (Lipinski definition) is 5. The fraction of sp³-hybridized carbons (Fsp3) is 0.650. The molecule has 0 aromatic heterocycles. The molecule has 0 heterocycles. The second kappa shape index (κ2) is 8.05. The lowest BCUT2D eigenvalue weighted by molar-refractivity contribution is -0.157. The first kappa shape index (κ1) is 22.1. The van der Waals surface area contributed by atoms with E-state index in [1.807, 2.05) is 20.8 Å². The van der Waals surface area contributed by atoms with Gasteiger partial charge >= 0.3 is 5.97 Å². The van der Waals surface area contributed by atoms with Crippen LogP contribution >= 0.6 is 0 Å². The van der Waals surface area contributed by atoms with Crippen molar-refractivity contribution >= 4 is 24.2 Å². The minimum absolute atomic E-state index is 0.0935. The lowest BCUT2D eigenvalue weighted by atomic mass is 9.74. The maximum atomic E-state index is 12.7. The third kappa shape index (κ3) is 5.00. The van der Waals surface area contributed by atoms with Crippen molar-refractivity contribution in [3.8, 4) is 0 Å². The minimum atomic E-state index is -3.81. The number of rotatable bonds is 6. The van der Waals surface area contributed by atoms with Crippen LogP contribution in [0.4, 0.5) is 0 Å². The van der Waals surface area contributed by atoms with Crippen molar-refractivity contribution in [2.75, 3.05) is 6.61 Å². The van der Waals surface area contributed by atoms with Crippen LogP contribution in [-0.4, -0.2) is 35.2 Å². The molecule has 0 amide bonds. The van der Waals surface area contributed by atoms with Crippen LogP contribution in [0.5, 0.6) is 0 Å². The van der Waals surface area contributed by atoms with Crippen LogP contribution in [0.1, 0.15) is 38.7 Å². The monoisotopic (exact) mass is 412 g/mol. The van der Waals surface area contributed by atoms with Crippen molar-refractivity contribution in [1.29, 1.82) is 0 Å². The zero-order valence-electron chi connectivity index (χ0n) is 17.2. The molecule has 2 rings (SSSR count). The van der Waals surface area contributed by atoms with Gasteiger partial charge in [-0.05, 0) is 57.7 Å². The second-order valence-corrected chi connectivity index (χ2v) is 15.8. The Balaban J connectivity index is 2.22. The van der Waals surface area contributed by atoms with Crippen LogP contribution in [-0.2, 0) is 23.8 Å². The average Bonchev–Trinajstić information content (AvgIpc) is 2.56. The summed E-state index contributed by atoms with van der Waals surface area (Å²) in [6, 6.07) is 6.68. The minimum Gasteiger partial charge on any atom is -0.466 e. The van der Waals surface area contributed by atoms with E-state index in [2.05, 4.69) is 19.6 Å². The summed E-state index contributed by atoms with van der Waals surface area (Å²) in [5.41, 5.74) is 0.514. The van der Waals surface area contributed by atoms with Gasteiger partial charge in [0.25, 0.3) is 10.1 Å². The summed E-state index contributed by atoms with van der Waals surface area (Å²) >= 11 is 0. The van der Waals surface area contributed by atoms with Crippen molar-refractivity contribution < 1.29 is 22.1 Å². The van der Waals surface area contributed by atoms with E-state index in [4.69, 9.17) is 8.92 Å². The topological polar surface area (TPSA) is 69.7 Å². The van der Waals surface area contributed by atoms with E-state index in [1.54, 1.807) is 24.3 Å². The summed E-state index contributed by atoms with van der Waals surface area (Å²) < 4.78 is 36.3. The highest BCUT2D eigenvalue weighted by Gasteiger charge is 2.52. The van der Waals surface area contributed by atoms with Crippen LogP contribution in [0.25, 0.3) is 0 Å². The molecule has 1 aromatic carbocycles. The Hall–Kier alpha value is -1.18. The highest BCUT2D eigenvalue weighted by Crippen LogP contribution is 2.52. The van der Waals surface area contributed by atoms with Crippen LogP contribution in [0, 0.1) is 12.3 Å². The standard InChI is InChI=1S/C20H32O5SSi/c1-7-24-19(21)20(3)13-12-16(14-18(20)27(4,5)6)25-26(22,23)17-10-8-15(2)9-11-17/h8-11,16,18H,7,12-14H2,1-6H3. The molecule has 0 N–H and O–H groups in total. The maximum Gasteiger partial charge on any atom is 0.311 e. The molecule has 1 fully saturated rings. The lowest BCUT2D eigenvalue weighted by Gasteiger charge is -2.47. The molecule has 0 radical (unpaired) electrons. The van der Waals surface area contributed by atoms with E-state index in [-0.39, 0.29) is 16.4 Å². The maximum absolute atomic E-state index is 12.7. The fourth-order valence-corrected chi connectivity index (χ4v) is 8.41. The third-order valence-electron chi connectivity index (χ3n) is 5.61. The van der Waals surface area contributed by atoms with Gasteiger partial charge in [-0.15, -0.1) is 0 Å². The van der Waals surface area contributed by atoms with Gasteiger partial charge in [-0.2, -0.15) is 8.42 Å². The predicted octanol–water partition coefficient (Wildman–Crippen LogP) is 4.53. The van der Waals surface area contributed by atoms with Gasteiger partial charge in [-0.1, -0.05) is 37.3 Å². The number of benzene rings is 1. The normalized spacial score (nSPS) is 26.6. The molecule has 5 nitrogen and oxygen atoms in total. The first-order valence-electron chi connectivity index (χ1n) is 9.57. The first-order valence-corrected chi connectivity index (χ1v) is 14.6. The molecular weight excluding hydrogens is 380 g/mol. The molecule has 0 spiro atoms. The number of esters is 1. The van der Waals surface area contributed by atoms with Crippen LogP contribution in [0.2, 0.25) is 25.2 Å². The Morgan fingerprint density at radius 1 is 1.22 bits per heavy atom. The van der Waals surface area contributed by atoms with Crippen LogP contribution in [0.3, 0.4) is 0 Å². The van der Waals surface area contributed by atoms with E-state index in [0.29, 0.717) is 25.9 Å². The Labute approximate surface area is 164 Å². The Morgan fingerprint density at radius 2 is 1.81 bits per heavy atom. The quantitative estimate of drug-likeness (QED) is 0.390. The largest absolute Gasteiger partial charge is 0.466 e. The second-order valence-electron chi connectivity index (χ2n) is 8.82. The van der Waals surface area contributed by atoms with E-state index in [9.17, 15) is 13.2 Å². The molecular formula is C20H32O5SSi. The van der Waals surface area contributed by atoms with E-state index in [0.717, 1.165) is 5.56 Å². The van der Waals surface area contributed by atoms with E-state index < -0.39 is 29.7 Å². The Morgan fingerprint density at radius 3 is 2.33 bits per heavy atom. The molecule has 3 unspecified atom stereocenters. The molecule has 1 aliphatic rings. The molecule has 7 heteroatoms. The van der Waals surface area contributed by atoms with E-state index >= 15 is 0 Å². The number of carbonyl (C=O) groups excluding carboxylic acids is 1. The van der Waals surface area contributed by atoms with Gasteiger partial charge in [0.15, 0.2) is 0 Å². The number of aryl methyl sites for hydroxylation is 1. The number of ether oxygens (including phenoxy) is 1. The van der Waals surface area contributed by atoms with Gasteiger partial charge in [0.2, 0.25) is 0 Å². The van der Waals surface area contributed by atoms with Crippen molar-refractivity contribution in [2.24, 2.45) is 5.41 Å². The summed E-state index contributed by atoms with van der Waals surface area (Å²) in [5, 5.41) is 0. The summed E-state index contributed by atoms with van der Waals surface area (Å²) in [4.78, 5) is 12.8. The van der Waals surface area contributed by atoms with Gasteiger partial charge in [0.05, 0.1) is 23.0 Å². The van der Waals surface area contributed by atoms with Gasteiger partial charge in [0, 0.05) is 8.07 Å². The molecule has 152 valence electrons. The van der Waals surface area contributed by atoms with Gasteiger partial charge in [-0.3, -0.25) is 8.98 Å². The molecule has 1 aliphatic carbocycles. The summed E-state index contributed by atoms with van der Waals surface area (Å²) in [7, 11) is -5.58. The number of hydrogen-bond donors (Lipinski definition) is 0. The Kier molecular flexibility index (Phi) is 6.59. The zero-order valence-corrected chi connectivity index (χ0v) is 19.1. The Bertz CT molecular complexity index is 767. The molecule has 0 saturated heterocycles. The summed E-state index contributed by atoms with van der Waals surface area (Å²) in [6.07, 6.45) is 1.27.